The van der Waals surface area contributed by atoms with Gasteiger partial charge in [-0.15, -0.1) is 11.3 Å². The predicted molar refractivity (Wildman–Crippen MR) is 274 cm³/mol. The van der Waals surface area contributed by atoms with Gasteiger partial charge in [-0.1, -0.05) is 137 Å². The van der Waals surface area contributed by atoms with Crippen LogP contribution in [0.3, 0.4) is 0 Å². The second-order valence-corrected chi connectivity index (χ2v) is 19.4. The van der Waals surface area contributed by atoms with Crippen molar-refractivity contribution in [3.05, 3.63) is 167 Å². The molecule has 2 unspecified atom stereocenters. The Labute approximate surface area is 420 Å². The molecule has 3 aliphatic heterocycles. The number of ether oxygens (including phenoxy) is 1. The topological polar surface area (TPSA) is 15.7 Å². The molecule has 0 bridgehead atoms. The molecule has 12 rings (SSSR count). The molecule has 5 heteroatoms. The minimum atomic E-state index is -3.34. The Morgan fingerprint density at radius 2 is 1.41 bits per heavy atom. The van der Waals surface area contributed by atoms with E-state index in [1.807, 2.05) is 34.6 Å². The van der Waals surface area contributed by atoms with Crippen molar-refractivity contribution in [2.45, 2.75) is 97.4 Å². The van der Waals surface area contributed by atoms with E-state index in [0.717, 1.165) is 0 Å². The lowest BCUT2D eigenvalue weighted by molar-refractivity contribution is 0.195. The SMILES string of the molecule is [2H]c1c([2H])c([2H])c(-c2sc3c([2H])c4c(c([2H])c3c2-c2c([2H])c([2H])c([2H])c([2H])c2[2H])Oc2c([2H])c(C([2H])([2H])[2H])c([2H])c3c2B4c2c([2H])c([2H])c(N4c5c([2H])c([2H])c([2H])c([2H])c5C5(C)CCCCC45C)c([2H])c2N3c2c(C)c([2H])c(C(C)(C)C)c([2H])c2C)c([2H])c1[2H]. The molecule has 1 aromatic heterocycles. The van der Waals surface area contributed by atoms with Gasteiger partial charge in [0, 0.05) is 52.8 Å². The fraction of sp³-hybridized carbons (Fsp3) is 0.254. The van der Waals surface area contributed by atoms with E-state index in [1.54, 1.807) is 13.8 Å². The first-order chi connectivity index (χ1) is 41.7. The minimum Gasteiger partial charge on any atom is -0.458 e. The summed E-state index contributed by atoms with van der Waals surface area (Å²) in [6.45, 7) is 7.09. The molecule has 1 fully saturated rings. The fourth-order valence-corrected chi connectivity index (χ4v) is 11.6. The number of fused-ring (bicyclic) bond motifs is 8. The van der Waals surface area contributed by atoms with Crippen molar-refractivity contribution >= 4 is 73.0 Å². The fourth-order valence-electron chi connectivity index (χ4n) is 10.5. The first-order valence-electron chi connectivity index (χ1n) is 34.2. The smallest absolute Gasteiger partial charge is 0.256 e. The second kappa shape index (κ2) is 14.0. The average molecular weight is 877 g/mol. The van der Waals surface area contributed by atoms with Crippen molar-refractivity contribution in [1.82, 2.24) is 0 Å². The van der Waals surface area contributed by atoms with E-state index in [4.69, 9.17) is 19.8 Å². The first-order valence-corrected chi connectivity index (χ1v) is 22.0. The number of anilines is 5. The molecule has 0 N–H and O–H groups in total. The maximum Gasteiger partial charge on any atom is 0.256 e. The standard InChI is InChI=1S/C59H55BN2OS/c1-36-29-49-54-51(30-36)63-50-34-43-52(64-56(40-21-13-10-14-22-40)53(43)39-19-11-9-12-20-39)35-46(50)60(54)45-26-25-42(33-48(45)61(49)55-37(2)31-41(32-38(55)3)57(4,5)6)62-47-24-16-15-23-44(47)58(7)27-17-18-28-59(58,62)8/h9-16,19-26,29-35H,17-18,27-28H2,1-8H3/i1D3,9D,10D,11D,12D,13D,14D,15D,16D,19D,20D,21D,22D,23D,24D,25D,26D,29D,30D,31D,32D,33D,34D,35D. The molecule has 2 atom stereocenters. The van der Waals surface area contributed by atoms with Crippen molar-refractivity contribution in [2.24, 2.45) is 0 Å². The zero-order chi connectivity index (χ0) is 66.4. The maximum atomic E-state index is 10.9. The van der Waals surface area contributed by atoms with E-state index in [2.05, 4.69) is 0 Å². The zero-order valence-electron chi connectivity index (χ0n) is 62.1. The van der Waals surface area contributed by atoms with Gasteiger partial charge in [0.15, 0.2) is 0 Å². The highest BCUT2D eigenvalue weighted by molar-refractivity contribution is 7.23. The molecular formula is C59H55BN2OS. The molecule has 0 saturated heterocycles. The molecule has 3 nitrogen and oxygen atoms in total. The van der Waals surface area contributed by atoms with Crippen LogP contribution in [0.25, 0.3) is 31.7 Å². The summed E-state index contributed by atoms with van der Waals surface area (Å²) in [7, 11) is 0. The van der Waals surface area contributed by atoms with Crippen LogP contribution in [0.5, 0.6) is 11.5 Å². The molecular weight excluding hydrogens is 796 g/mol. The van der Waals surface area contributed by atoms with Crippen LogP contribution in [0, 0.1) is 20.7 Å². The third-order valence-corrected chi connectivity index (χ3v) is 14.8. The first kappa shape index (κ1) is 20.9. The summed E-state index contributed by atoms with van der Waals surface area (Å²) in [5.41, 5.74) is -7.10. The van der Waals surface area contributed by atoms with Crippen LogP contribution < -0.4 is 30.9 Å². The Balaban J connectivity index is 1.32. The van der Waals surface area contributed by atoms with Gasteiger partial charge in [0.1, 0.15) is 11.5 Å². The highest BCUT2D eigenvalue weighted by Crippen LogP contribution is 2.61. The van der Waals surface area contributed by atoms with Crippen LogP contribution in [0.4, 0.5) is 28.4 Å². The third kappa shape index (κ3) is 5.59. The summed E-state index contributed by atoms with van der Waals surface area (Å²) in [5, 5.41) is -0.411. The number of hydrogen-bond acceptors (Lipinski definition) is 4. The molecule has 0 radical (unpaired) electrons. The van der Waals surface area contributed by atoms with E-state index in [9.17, 15) is 20.6 Å². The Morgan fingerprint density at radius 1 is 0.703 bits per heavy atom. The lowest BCUT2D eigenvalue weighted by Gasteiger charge is -2.50. The van der Waals surface area contributed by atoms with Crippen molar-refractivity contribution in [2.75, 3.05) is 9.80 Å². The molecule has 316 valence electrons. The highest BCUT2D eigenvalue weighted by atomic mass is 32.1. The molecule has 7 aromatic carbocycles. The number of rotatable bonds is 4. The van der Waals surface area contributed by atoms with Crippen molar-refractivity contribution < 1.29 is 40.4 Å². The molecule has 4 aliphatic rings. The molecule has 64 heavy (non-hydrogen) atoms. The summed E-state index contributed by atoms with van der Waals surface area (Å²) in [4.78, 5) is 2.46. The summed E-state index contributed by atoms with van der Waals surface area (Å²) >= 11 is 0.568. The Kier molecular flexibility index (Phi) is 4.56. The van der Waals surface area contributed by atoms with E-state index in [-0.39, 0.29) is 83.5 Å². The average Bonchev–Trinajstić information content (AvgIpc) is 1.14. The quantitative estimate of drug-likeness (QED) is 0.164. The van der Waals surface area contributed by atoms with Crippen LogP contribution in [0.15, 0.2) is 139 Å². The van der Waals surface area contributed by atoms with Gasteiger partial charge in [0.05, 0.1) is 42.8 Å². The highest BCUT2D eigenvalue weighted by Gasteiger charge is 2.57. The number of thiophene rings is 1. The minimum absolute atomic E-state index is 0.0463. The van der Waals surface area contributed by atoms with Gasteiger partial charge < -0.3 is 14.5 Å². The molecule has 1 aliphatic carbocycles. The molecule has 0 spiro atoms. The van der Waals surface area contributed by atoms with Gasteiger partial charge >= 0.3 is 0 Å². The zero-order valence-corrected chi connectivity index (χ0v) is 36.9. The predicted octanol–water partition coefficient (Wildman–Crippen LogP) is 14.6. The van der Waals surface area contributed by atoms with Crippen LogP contribution >= 0.6 is 11.3 Å². The summed E-state index contributed by atoms with van der Waals surface area (Å²) in [6, 6.07) is -15.7. The number of nitrogens with zero attached hydrogens (tertiary/aromatic N) is 2. The van der Waals surface area contributed by atoms with Crippen molar-refractivity contribution in [3.63, 3.8) is 0 Å². The Morgan fingerprint density at radius 3 is 2.14 bits per heavy atom. The molecule has 0 amide bonds. The van der Waals surface area contributed by atoms with E-state index in [1.165, 1.54) is 9.80 Å². The third-order valence-electron chi connectivity index (χ3n) is 13.7. The number of benzene rings is 7. The molecule has 4 heterocycles. The molecule has 1 saturated carbocycles. The van der Waals surface area contributed by atoms with Crippen LogP contribution in [-0.2, 0) is 10.8 Å². The van der Waals surface area contributed by atoms with Gasteiger partial charge in [0.25, 0.3) is 6.71 Å². The summed E-state index contributed by atoms with van der Waals surface area (Å²) in [5.74, 6) is -1.29. The van der Waals surface area contributed by atoms with E-state index < -0.39 is 196 Å². The van der Waals surface area contributed by atoms with Crippen molar-refractivity contribution in [1.29, 1.82) is 0 Å². The Bertz CT molecular complexity index is 4600. The number of para-hydroxylation sites is 1. The normalized spacial score (nSPS) is 25.4. The van der Waals surface area contributed by atoms with E-state index >= 15 is 0 Å². The maximum absolute atomic E-state index is 10.9. The van der Waals surface area contributed by atoms with Crippen LogP contribution in [-0.4, -0.2) is 12.3 Å². The lowest BCUT2D eigenvalue weighted by Crippen LogP contribution is -2.59. The van der Waals surface area contributed by atoms with Gasteiger partial charge in [-0.25, -0.2) is 0 Å². The van der Waals surface area contributed by atoms with Crippen LogP contribution in [0.2, 0.25) is 0 Å². The van der Waals surface area contributed by atoms with Gasteiger partial charge in [-0.2, -0.15) is 0 Å². The Hall–Kier alpha value is -6.04. The van der Waals surface area contributed by atoms with Gasteiger partial charge in [-0.05, 0) is 144 Å². The lowest BCUT2D eigenvalue weighted by atomic mass is 9.34. The largest absolute Gasteiger partial charge is 0.458 e. The van der Waals surface area contributed by atoms with Crippen molar-refractivity contribution in [3.8, 4) is 33.1 Å². The number of hydrogen-bond donors (Lipinski definition) is 0. The van der Waals surface area contributed by atoms with Gasteiger partial charge in [0.2, 0.25) is 0 Å². The second-order valence-electron chi connectivity index (χ2n) is 18.4. The molecule has 8 aromatic rings. The summed E-state index contributed by atoms with van der Waals surface area (Å²) in [6.07, 6.45) is 1.92. The van der Waals surface area contributed by atoms with E-state index in [0.29, 0.717) is 42.6 Å². The summed E-state index contributed by atoms with van der Waals surface area (Å²) < 4.78 is 251. The van der Waals surface area contributed by atoms with Gasteiger partial charge in [-0.3, -0.25) is 0 Å². The van der Waals surface area contributed by atoms with Crippen LogP contribution in [0.1, 0.15) is 124 Å². The monoisotopic (exact) mass is 877 g/mol.